The Labute approximate surface area is 256 Å². The third-order valence-electron chi connectivity index (χ3n) is 10.7. The van der Waals surface area contributed by atoms with Gasteiger partial charge in [-0.15, -0.1) is 0 Å². The van der Waals surface area contributed by atoms with E-state index >= 15 is 8.78 Å². The van der Waals surface area contributed by atoms with E-state index in [1.807, 2.05) is 0 Å². The van der Waals surface area contributed by atoms with Gasteiger partial charge in [0.25, 0.3) is 0 Å². The zero-order valence-electron chi connectivity index (χ0n) is 24.6. The Bertz CT molecular complexity index is 1570. The Morgan fingerprint density at radius 3 is 2.33 bits per heavy atom. The van der Waals surface area contributed by atoms with Gasteiger partial charge in [-0.05, 0) is 103 Å². The topological polar surface area (TPSA) is 78.4 Å². The van der Waals surface area contributed by atoms with Gasteiger partial charge < -0.3 is 15.7 Å². The first-order valence-corrected chi connectivity index (χ1v) is 15.2. The molecule has 0 radical (unpaired) electrons. The van der Waals surface area contributed by atoms with Crippen molar-refractivity contribution in [3.63, 3.8) is 0 Å². The number of ketones is 1. The van der Waals surface area contributed by atoms with Crippen molar-refractivity contribution in [1.82, 2.24) is 5.32 Å². The van der Waals surface area contributed by atoms with Crippen molar-refractivity contribution in [3.8, 4) is 0 Å². The molecule has 0 aliphatic heterocycles. The number of urea groups is 1. The van der Waals surface area contributed by atoms with Gasteiger partial charge in [0.2, 0.25) is 0 Å². The lowest BCUT2D eigenvalue weighted by atomic mass is 9.50. The number of anilines is 1. The maximum absolute atomic E-state index is 15.2. The smallest absolute Gasteiger partial charge is 0.383 e. The molecule has 2 fully saturated rings. The minimum atomic E-state index is -5.91. The number of halogens is 6. The summed E-state index contributed by atoms with van der Waals surface area (Å²) >= 11 is 0. The van der Waals surface area contributed by atoms with Gasteiger partial charge in [-0.1, -0.05) is 36.8 Å². The molecule has 2 aromatic carbocycles. The number of amides is 2. The van der Waals surface area contributed by atoms with Crippen molar-refractivity contribution in [2.45, 2.75) is 82.0 Å². The van der Waals surface area contributed by atoms with Gasteiger partial charge >= 0.3 is 18.1 Å². The molecule has 2 amide bonds. The van der Waals surface area contributed by atoms with E-state index in [1.54, 1.807) is 30.3 Å². The van der Waals surface area contributed by atoms with Crippen LogP contribution in [0.15, 0.2) is 71.3 Å². The fourth-order valence-electron chi connectivity index (χ4n) is 8.47. The molecule has 2 aromatic rings. The number of allylic oxidation sites excluding steroid dienone is 4. The van der Waals surface area contributed by atoms with E-state index in [9.17, 15) is 32.3 Å². The summed E-state index contributed by atoms with van der Waals surface area (Å²) in [6, 6.07) is 11.9. The predicted octanol–water partition coefficient (Wildman–Crippen LogP) is 7.98. The summed E-state index contributed by atoms with van der Waals surface area (Å²) in [4.78, 5) is 24.6. The summed E-state index contributed by atoms with van der Waals surface area (Å²) in [7, 11) is 0. The van der Waals surface area contributed by atoms with Crippen LogP contribution in [0.2, 0.25) is 0 Å². The Balaban J connectivity index is 1.31. The van der Waals surface area contributed by atoms with Crippen molar-refractivity contribution >= 4 is 17.5 Å². The number of rotatable bonds is 5. The molecule has 0 saturated heterocycles. The first-order chi connectivity index (χ1) is 21.1. The molecule has 4 aliphatic rings. The van der Waals surface area contributed by atoms with E-state index in [0.29, 0.717) is 36.9 Å². The average Bonchev–Trinajstić information content (AvgIpc) is 3.27. The first kappa shape index (κ1) is 31.4. The number of hydrogen-bond acceptors (Lipinski definition) is 3. The Hall–Kier alpha value is -3.60. The third kappa shape index (κ3) is 5.16. The fourth-order valence-corrected chi connectivity index (χ4v) is 8.47. The van der Waals surface area contributed by atoms with Crippen LogP contribution < -0.4 is 10.6 Å². The molecule has 2 saturated carbocycles. The normalized spacial score (nSPS) is 29.8. The van der Waals surface area contributed by atoms with Crippen LogP contribution in [0.25, 0.3) is 0 Å². The molecule has 45 heavy (non-hydrogen) atoms. The van der Waals surface area contributed by atoms with Crippen molar-refractivity contribution in [2.24, 2.45) is 17.3 Å². The molecule has 5 atom stereocenters. The molecule has 2 unspecified atom stereocenters. The van der Waals surface area contributed by atoms with Crippen LogP contribution >= 0.6 is 0 Å². The standard InChI is InChI=1S/C34H34F6N2O3/c1-31-17-27(20-4-2-19(3-5-20)18-41-30(44)42-23-9-7-22(35)8-10-23)29-25-13-11-24(43)16-21(25)6-12-26(29)28(31)14-15-32(31,45)33(36,37)34(38,39)40/h2-5,7-10,16,26-28,45H,6,11-15,17-18H2,1H3,(H2,41,42,44)/t26?,27-,28?,31+,32+/m1/s1. The summed E-state index contributed by atoms with van der Waals surface area (Å²) < 4.78 is 84.8. The van der Waals surface area contributed by atoms with E-state index in [4.69, 9.17) is 0 Å². The molecule has 0 spiro atoms. The van der Waals surface area contributed by atoms with E-state index in [0.717, 1.165) is 22.3 Å². The summed E-state index contributed by atoms with van der Waals surface area (Å²) in [6.07, 6.45) is -3.13. The Morgan fingerprint density at radius 1 is 0.978 bits per heavy atom. The summed E-state index contributed by atoms with van der Waals surface area (Å²) in [6.45, 7) is 1.54. The number of nitrogens with one attached hydrogen (secondary N) is 2. The number of carbonyl (C=O) groups excluding carboxylic acids is 2. The molecule has 0 aromatic heterocycles. The van der Waals surface area contributed by atoms with Crippen LogP contribution in [0.4, 0.5) is 36.8 Å². The zero-order chi connectivity index (χ0) is 32.4. The molecular formula is C34H34F6N2O3. The van der Waals surface area contributed by atoms with E-state index in [-0.39, 0.29) is 31.1 Å². The average molecular weight is 633 g/mol. The molecule has 11 heteroatoms. The predicted molar refractivity (Wildman–Crippen MR) is 155 cm³/mol. The van der Waals surface area contributed by atoms with Crippen LogP contribution in [0.5, 0.6) is 0 Å². The third-order valence-corrected chi connectivity index (χ3v) is 10.7. The molecular weight excluding hydrogens is 598 g/mol. The van der Waals surface area contributed by atoms with Gasteiger partial charge in [0, 0.05) is 30.0 Å². The lowest BCUT2D eigenvalue weighted by molar-refractivity contribution is -0.362. The van der Waals surface area contributed by atoms with Gasteiger partial charge in [-0.3, -0.25) is 4.79 Å². The highest BCUT2D eigenvalue weighted by atomic mass is 19.4. The Kier molecular flexibility index (Phi) is 7.69. The second kappa shape index (κ2) is 11.0. The maximum Gasteiger partial charge on any atom is 0.456 e. The maximum atomic E-state index is 15.2. The molecule has 6 rings (SSSR count). The van der Waals surface area contributed by atoms with Gasteiger partial charge in [0.05, 0.1) is 0 Å². The van der Waals surface area contributed by atoms with Crippen molar-refractivity contribution < 1.29 is 41.0 Å². The monoisotopic (exact) mass is 632 g/mol. The SMILES string of the molecule is C[C@]12C[C@H](c3ccc(CNC(=O)Nc4ccc(F)cc4)cc3)C3=C4CCC(=O)C=C4CCC3C1CC[C@@]2(O)C(F)(F)C(F)(F)F. The summed E-state index contributed by atoms with van der Waals surface area (Å²) in [5.74, 6) is -7.12. The molecule has 0 bridgehead atoms. The molecule has 0 heterocycles. The number of carbonyl (C=O) groups is 2. The molecule has 3 N–H and O–H groups in total. The Morgan fingerprint density at radius 2 is 1.67 bits per heavy atom. The lowest BCUT2D eigenvalue weighted by Gasteiger charge is -2.56. The van der Waals surface area contributed by atoms with Gasteiger partial charge in [0.15, 0.2) is 5.78 Å². The lowest BCUT2D eigenvalue weighted by Crippen LogP contribution is -2.65. The number of alkyl halides is 5. The van der Waals surface area contributed by atoms with Crippen LogP contribution in [0.1, 0.15) is 68.9 Å². The number of benzene rings is 2. The quantitative estimate of drug-likeness (QED) is 0.293. The van der Waals surface area contributed by atoms with E-state index in [1.165, 1.54) is 31.2 Å². The van der Waals surface area contributed by atoms with Gasteiger partial charge in [-0.25, -0.2) is 9.18 Å². The van der Waals surface area contributed by atoms with Crippen molar-refractivity contribution in [2.75, 3.05) is 5.32 Å². The molecule has 240 valence electrons. The first-order valence-electron chi connectivity index (χ1n) is 15.2. The largest absolute Gasteiger partial charge is 0.456 e. The number of hydrogen-bond donors (Lipinski definition) is 3. The molecule has 5 nitrogen and oxygen atoms in total. The highest BCUT2D eigenvalue weighted by Crippen LogP contribution is 2.70. The highest BCUT2D eigenvalue weighted by molar-refractivity contribution is 5.93. The fraction of sp³-hybridized carbons (Fsp3) is 0.471. The van der Waals surface area contributed by atoms with Gasteiger partial charge in [0.1, 0.15) is 11.4 Å². The van der Waals surface area contributed by atoms with Crippen LogP contribution in [0.3, 0.4) is 0 Å². The van der Waals surface area contributed by atoms with Crippen LogP contribution in [0, 0.1) is 23.1 Å². The minimum Gasteiger partial charge on any atom is -0.383 e. The number of aliphatic hydroxyl groups is 1. The van der Waals surface area contributed by atoms with Gasteiger partial charge in [-0.2, -0.15) is 22.0 Å². The van der Waals surface area contributed by atoms with Crippen LogP contribution in [-0.4, -0.2) is 34.6 Å². The van der Waals surface area contributed by atoms with Crippen molar-refractivity contribution in [3.05, 3.63) is 88.3 Å². The van der Waals surface area contributed by atoms with Crippen molar-refractivity contribution in [1.29, 1.82) is 0 Å². The second-order valence-electron chi connectivity index (χ2n) is 13.0. The zero-order valence-corrected chi connectivity index (χ0v) is 24.6. The highest BCUT2D eigenvalue weighted by Gasteiger charge is 2.79. The van der Waals surface area contributed by atoms with E-state index in [2.05, 4.69) is 10.6 Å². The van der Waals surface area contributed by atoms with E-state index < -0.39 is 53.2 Å². The molecule has 4 aliphatic carbocycles. The van der Waals surface area contributed by atoms with Crippen LogP contribution in [-0.2, 0) is 11.3 Å². The number of fused-ring (bicyclic) bond motifs is 4. The summed E-state index contributed by atoms with van der Waals surface area (Å²) in [5, 5.41) is 16.7. The minimum absolute atomic E-state index is 0.0189. The summed E-state index contributed by atoms with van der Waals surface area (Å²) in [5.41, 5.74) is -0.252. The second-order valence-corrected chi connectivity index (χ2v) is 13.0.